The normalized spacial score (nSPS) is 10.8. The van der Waals surface area contributed by atoms with E-state index in [9.17, 15) is 17.8 Å². The maximum Gasteiger partial charge on any atom is 1.00 e. The van der Waals surface area contributed by atoms with Crippen molar-refractivity contribution in [2.45, 2.75) is 11.8 Å². The first kappa shape index (κ1) is 17.9. The van der Waals surface area contributed by atoms with E-state index in [-0.39, 0.29) is 52.2 Å². The SMILES string of the molecule is CCOC(=O)Oc1ccc(S(=O)(=O)[O-])c2ccccc12.[Na+]. The van der Waals surface area contributed by atoms with Crippen LogP contribution in [0.3, 0.4) is 0 Å². The Hall–Kier alpha value is -1.12. The molecule has 0 bridgehead atoms. The van der Waals surface area contributed by atoms with Gasteiger partial charge in [-0.15, -0.1) is 0 Å². The summed E-state index contributed by atoms with van der Waals surface area (Å²) in [4.78, 5) is 11.0. The predicted molar refractivity (Wildman–Crippen MR) is 69.6 cm³/mol. The van der Waals surface area contributed by atoms with Gasteiger partial charge >= 0.3 is 35.7 Å². The van der Waals surface area contributed by atoms with Crippen LogP contribution in [0, 0.1) is 0 Å². The van der Waals surface area contributed by atoms with Crippen molar-refractivity contribution in [1.82, 2.24) is 0 Å². The number of fused-ring (bicyclic) bond motifs is 1. The van der Waals surface area contributed by atoms with Gasteiger partial charge in [-0.1, -0.05) is 24.3 Å². The van der Waals surface area contributed by atoms with Crippen molar-refractivity contribution in [2.24, 2.45) is 0 Å². The quantitative estimate of drug-likeness (QED) is 0.321. The fraction of sp³-hybridized carbons (Fsp3) is 0.154. The van der Waals surface area contributed by atoms with Crippen molar-refractivity contribution in [2.75, 3.05) is 6.61 Å². The molecule has 0 amide bonds. The van der Waals surface area contributed by atoms with Crippen molar-refractivity contribution < 1.29 is 56.8 Å². The van der Waals surface area contributed by atoms with E-state index in [2.05, 4.69) is 4.74 Å². The van der Waals surface area contributed by atoms with Crippen LogP contribution in [-0.4, -0.2) is 25.7 Å². The van der Waals surface area contributed by atoms with Crippen LogP contribution in [0.4, 0.5) is 4.79 Å². The van der Waals surface area contributed by atoms with Crippen LogP contribution in [0.15, 0.2) is 41.3 Å². The maximum atomic E-state index is 11.3. The minimum absolute atomic E-state index is 0. The van der Waals surface area contributed by atoms with Gasteiger partial charge in [0, 0.05) is 10.8 Å². The fourth-order valence-electron chi connectivity index (χ4n) is 1.79. The van der Waals surface area contributed by atoms with E-state index in [0.29, 0.717) is 5.39 Å². The van der Waals surface area contributed by atoms with Crippen LogP contribution < -0.4 is 34.3 Å². The molecule has 2 aromatic carbocycles. The minimum Gasteiger partial charge on any atom is -0.744 e. The van der Waals surface area contributed by atoms with Crippen molar-refractivity contribution in [1.29, 1.82) is 0 Å². The summed E-state index contributed by atoms with van der Waals surface area (Å²) in [5, 5.41) is 0.543. The molecule has 0 unspecified atom stereocenters. The second-order valence-corrected chi connectivity index (χ2v) is 5.19. The molecule has 0 saturated heterocycles. The molecule has 0 atom stereocenters. The Morgan fingerprint density at radius 1 is 1.14 bits per heavy atom. The third-order valence-corrected chi connectivity index (χ3v) is 3.46. The van der Waals surface area contributed by atoms with Gasteiger partial charge in [0.05, 0.1) is 11.5 Å². The molecule has 0 aromatic heterocycles. The molecular weight excluding hydrogens is 307 g/mol. The summed E-state index contributed by atoms with van der Waals surface area (Å²) in [6.45, 7) is 1.79. The maximum absolute atomic E-state index is 11.3. The van der Waals surface area contributed by atoms with Gasteiger partial charge in [-0.05, 0) is 19.1 Å². The van der Waals surface area contributed by atoms with Gasteiger partial charge in [0.2, 0.25) is 0 Å². The van der Waals surface area contributed by atoms with Crippen molar-refractivity contribution in [3.05, 3.63) is 36.4 Å². The first-order valence-corrected chi connectivity index (χ1v) is 7.16. The zero-order valence-corrected chi connectivity index (χ0v) is 14.3. The Morgan fingerprint density at radius 3 is 2.33 bits per heavy atom. The number of rotatable bonds is 3. The molecule has 0 aliphatic heterocycles. The van der Waals surface area contributed by atoms with Gasteiger partial charge in [-0.25, -0.2) is 13.2 Å². The van der Waals surface area contributed by atoms with E-state index in [1.54, 1.807) is 25.1 Å². The Morgan fingerprint density at radius 2 is 1.76 bits per heavy atom. The van der Waals surface area contributed by atoms with Crippen molar-refractivity contribution in [3.8, 4) is 5.75 Å². The predicted octanol–water partition coefficient (Wildman–Crippen LogP) is -0.717. The second-order valence-electron chi connectivity index (χ2n) is 3.85. The second kappa shape index (κ2) is 7.24. The minimum atomic E-state index is -4.61. The van der Waals surface area contributed by atoms with E-state index >= 15 is 0 Å². The topological polar surface area (TPSA) is 92.7 Å². The van der Waals surface area contributed by atoms with E-state index in [1.807, 2.05) is 0 Å². The molecule has 0 heterocycles. The summed E-state index contributed by atoms with van der Waals surface area (Å²) in [5.74, 6) is 0.131. The average Bonchev–Trinajstić information content (AvgIpc) is 2.38. The van der Waals surface area contributed by atoms with Crippen molar-refractivity contribution in [3.63, 3.8) is 0 Å². The number of hydrogen-bond donors (Lipinski definition) is 0. The molecule has 0 radical (unpaired) electrons. The first-order chi connectivity index (χ1) is 9.43. The molecule has 0 fully saturated rings. The molecule has 0 N–H and O–H groups in total. The molecule has 0 aliphatic rings. The number of carbonyl (C=O) groups is 1. The Kier molecular flexibility index (Phi) is 6.18. The molecule has 2 aromatic rings. The number of benzene rings is 2. The summed E-state index contributed by atoms with van der Waals surface area (Å²) >= 11 is 0. The zero-order valence-electron chi connectivity index (χ0n) is 11.5. The molecular formula is C13H11NaO6S. The van der Waals surface area contributed by atoms with Gasteiger partial charge in [0.25, 0.3) is 0 Å². The van der Waals surface area contributed by atoms with Crippen LogP contribution >= 0.6 is 0 Å². The number of ether oxygens (including phenoxy) is 2. The van der Waals surface area contributed by atoms with E-state index in [1.165, 1.54) is 12.1 Å². The molecule has 0 spiro atoms. The molecule has 106 valence electrons. The summed E-state index contributed by atoms with van der Waals surface area (Å²) in [5.41, 5.74) is 0. The average molecular weight is 318 g/mol. The van der Waals surface area contributed by atoms with Crippen LogP contribution in [-0.2, 0) is 14.9 Å². The van der Waals surface area contributed by atoms with Crippen LogP contribution in [0.1, 0.15) is 6.92 Å². The molecule has 0 saturated carbocycles. The zero-order chi connectivity index (χ0) is 14.8. The largest absolute Gasteiger partial charge is 1.00 e. The van der Waals surface area contributed by atoms with Gasteiger partial charge in [-0.3, -0.25) is 0 Å². The third kappa shape index (κ3) is 4.18. The molecule has 21 heavy (non-hydrogen) atoms. The first-order valence-electron chi connectivity index (χ1n) is 5.75. The van der Waals surface area contributed by atoms with E-state index in [4.69, 9.17) is 4.74 Å². The molecule has 8 heteroatoms. The Balaban J connectivity index is 0.00000220. The summed E-state index contributed by atoms with van der Waals surface area (Å²) in [7, 11) is -4.61. The Bertz CT molecular complexity index is 756. The van der Waals surface area contributed by atoms with Gasteiger partial charge < -0.3 is 14.0 Å². The van der Waals surface area contributed by atoms with Crippen LogP contribution in [0.25, 0.3) is 10.8 Å². The third-order valence-electron chi connectivity index (χ3n) is 2.57. The van der Waals surface area contributed by atoms with E-state index in [0.717, 1.165) is 6.07 Å². The van der Waals surface area contributed by atoms with Crippen LogP contribution in [0.2, 0.25) is 0 Å². The molecule has 2 rings (SSSR count). The summed E-state index contributed by atoms with van der Waals surface area (Å²) < 4.78 is 43.2. The van der Waals surface area contributed by atoms with Gasteiger partial charge in [-0.2, -0.15) is 0 Å². The van der Waals surface area contributed by atoms with E-state index < -0.39 is 16.3 Å². The molecule has 0 aliphatic carbocycles. The number of carbonyl (C=O) groups excluding carboxylic acids is 1. The van der Waals surface area contributed by atoms with Gasteiger partial charge in [0.15, 0.2) is 0 Å². The standard InChI is InChI=1S/C13H12O6S.Na/c1-2-18-13(14)19-11-7-8-12(20(15,16)17)10-6-4-3-5-9(10)11;/h3-8H,2H2,1H3,(H,15,16,17);/q;+1/p-1. The summed E-state index contributed by atoms with van der Waals surface area (Å²) in [6, 6.07) is 8.62. The summed E-state index contributed by atoms with van der Waals surface area (Å²) in [6.07, 6.45) is -0.893. The smallest absolute Gasteiger partial charge is 0.744 e. The fourth-order valence-corrected chi connectivity index (χ4v) is 2.47. The van der Waals surface area contributed by atoms with Crippen LogP contribution in [0.5, 0.6) is 5.75 Å². The Labute approximate surface area is 144 Å². The van der Waals surface area contributed by atoms with Gasteiger partial charge in [0.1, 0.15) is 15.9 Å². The number of hydrogen-bond acceptors (Lipinski definition) is 6. The van der Waals surface area contributed by atoms with Crippen molar-refractivity contribution >= 4 is 27.0 Å². The molecule has 6 nitrogen and oxygen atoms in total. The monoisotopic (exact) mass is 318 g/mol.